The predicted octanol–water partition coefficient (Wildman–Crippen LogP) is 5.43. The first-order chi connectivity index (χ1) is 17.4. The van der Waals surface area contributed by atoms with Crippen molar-refractivity contribution < 1.29 is 13.5 Å². The van der Waals surface area contributed by atoms with Crippen LogP contribution in [0.3, 0.4) is 0 Å². The molecule has 2 aromatic carbocycles. The summed E-state index contributed by atoms with van der Waals surface area (Å²) in [6.45, 7) is 2.54. The van der Waals surface area contributed by atoms with Gasteiger partial charge in [-0.05, 0) is 55.6 Å². The van der Waals surface area contributed by atoms with E-state index < -0.39 is 26.1 Å². The molecular formula is C26H24ClN4O2P. The third-order valence-electron chi connectivity index (χ3n) is 6.88. The van der Waals surface area contributed by atoms with Crippen LogP contribution in [0, 0.1) is 6.92 Å². The van der Waals surface area contributed by atoms with Crippen molar-refractivity contribution in [2.24, 2.45) is 0 Å². The molecule has 6 rings (SSSR count). The van der Waals surface area contributed by atoms with Gasteiger partial charge in [-0.25, -0.2) is 4.98 Å². The number of hydrogen-bond acceptors (Lipinski definition) is 4. The van der Waals surface area contributed by atoms with Crippen LogP contribution in [0.15, 0.2) is 48.7 Å². The number of carbonyl (C=O) groups excluding carboxylic acids is 1. The van der Waals surface area contributed by atoms with Gasteiger partial charge in [-0.2, -0.15) is 0 Å². The minimum Gasteiger partial charge on any atom is -0.331 e. The molecule has 0 aliphatic carbocycles. The molecule has 0 saturated carbocycles. The number of carbonyl (C=O) groups is 1. The monoisotopic (exact) mass is 493 g/mol. The summed E-state index contributed by atoms with van der Waals surface area (Å²) in [7, 11) is -2.47. The fourth-order valence-corrected chi connectivity index (χ4v) is 6.25. The standard InChI is InChI=1S/C26H24ClN4O2P/c1-14-5-8-17(27)24-20-12-21(30(2)26(32)23(14)24)25-29-18-9-6-15(11-19(18)31(20)25)16-7-10-22(28-13-16)34(3,4)33/h5-11,13,20-21H,12H2,1-4H3/t20-,21-/m1/s1/i2D3. The fourth-order valence-electron chi connectivity index (χ4n) is 5.19. The first-order valence-corrected chi connectivity index (χ1v) is 14.0. The second kappa shape index (κ2) is 7.27. The van der Waals surface area contributed by atoms with Crippen LogP contribution in [-0.4, -0.2) is 45.6 Å². The average Bonchev–Trinajstić information content (AvgIpc) is 3.31. The van der Waals surface area contributed by atoms with Crippen molar-refractivity contribution in [1.82, 2.24) is 19.4 Å². The summed E-state index contributed by atoms with van der Waals surface area (Å²) in [6.07, 6.45) is 2.09. The average molecular weight is 494 g/mol. The summed E-state index contributed by atoms with van der Waals surface area (Å²) in [6, 6.07) is 12.0. The fraction of sp³-hybridized carbons (Fsp3) is 0.269. The summed E-state index contributed by atoms with van der Waals surface area (Å²) in [5.41, 5.74) is 5.54. The Bertz CT molecular complexity index is 1660. The van der Waals surface area contributed by atoms with Crippen LogP contribution in [0.25, 0.3) is 22.2 Å². The van der Waals surface area contributed by atoms with Crippen molar-refractivity contribution in [3.63, 3.8) is 0 Å². The van der Waals surface area contributed by atoms with Crippen molar-refractivity contribution in [2.75, 3.05) is 20.3 Å². The van der Waals surface area contributed by atoms with Crippen LogP contribution in [0.4, 0.5) is 0 Å². The maximum Gasteiger partial charge on any atom is 0.254 e. The van der Waals surface area contributed by atoms with E-state index in [1.54, 1.807) is 44.6 Å². The summed E-state index contributed by atoms with van der Waals surface area (Å²) < 4.78 is 39.0. The molecule has 2 atom stereocenters. The number of benzene rings is 2. The van der Waals surface area contributed by atoms with Crippen LogP contribution >= 0.6 is 18.7 Å². The minimum absolute atomic E-state index is 0.342. The highest BCUT2D eigenvalue weighted by Crippen LogP contribution is 2.49. The summed E-state index contributed by atoms with van der Waals surface area (Å²) in [5, 5.41) is 0.430. The SMILES string of the molecule is [2H]C([2H])([2H])N1C(=O)c2c(C)ccc(Cl)c2[C@H]2C[C@@H]1c1nc3ccc(-c4ccc(P(C)(C)=O)nc4)cc3n12. The number of imidazole rings is 1. The van der Waals surface area contributed by atoms with Gasteiger partial charge in [0.2, 0.25) is 0 Å². The molecule has 0 saturated heterocycles. The highest BCUT2D eigenvalue weighted by molar-refractivity contribution is 7.69. The quantitative estimate of drug-likeness (QED) is 0.349. The van der Waals surface area contributed by atoms with Crippen LogP contribution in [-0.2, 0) is 4.57 Å². The normalized spacial score (nSPS) is 21.0. The zero-order valence-electron chi connectivity index (χ0n) is 21.9. The highest BCUT2D eigenvalue weighted by atomic mass is 35.5. The van der Waals surface area contributed by atoms with Crippen molar-refractivity contribution in [3.05, 3.63) is 76.2 Å². The number of aromatic nitrogens is 3. The van der Waals surface area contributed by atoms with Gasteiger partial charge in [-0.15, -0.1) is 0 Å². The largest absolute Gasteiger partial charge is 0.331 e. The molecule has 172 valence electrons. The van der Waals surface area contributed by atoms with Gasteiger partial charge in [0.25, 0.3) is 5.91 Å². The van der Waals surface area contributed by atoms with Gasteiger partial charge in [-0.1, -0.05) is 29.8 Å². The molecule has 4 heterocycles. The number of aryl methyl sites for hydroxylation is 1. The number of nitrogens with zero attached hydrogens (tertiary/aromatic N) is 4. The van der Waals surface area contributed by atoms with Gasteiger partial charge in [0.05, 0.1) is 28.6 Å². The van der Waals surface area contributed by atoms with Gasteiger partial charge in [-0.3, -0.25) is 9.78 Å². The summed E-state index contributed by atoms with van der Waals surface area (Å²) in [5.74, 6) is -0.00646. The summed E-state index contributed by atoms with van der Waals surface area (Å²) in [4.78, 5) is 23.9. The van der Waals surface area contributed by atoms with Gasteiger partial charge < -0.3 is 14.0 Å². The Balaban J connectivity index is 1.58. The molecule has 2 aromatic heterocycles. The van der Waals surface area contributed by atoms with Crippen LogP contribution < -0.4 is 5.44 Å². The maximum absolute atomic E-state index is 13.7. The van der Waals surface area contributed by atoms with E-state index in [1.165, 1.54) is 0 Å². The first-order valence-electron chi connectivity index (χ1n) is 12.5. The number of amides is 1. The van der Waals surface area contributed by atoms with E-state index in [2.05, 4.69) is 4.98 Å². The third kappa shape index (κ3) is 3.02. The number of fused-ring (bicyclic) bond motifs is 9. The number of pyridine rings is 1. The zero-order valence-corrected chi connectivity index (χ0v) is 20.6. The molecule has 1 amide bonds. The third-order valence-corrected chi connectivity index (χ3v) is 8.58. The second-order valence-electron chi connectivity index (χ2n) is 9.39. The van der Waals surface area contributed by atoms with Crippen LogP contribution in [0.1, 0.15) is 49.9 Å². The molecule has 4 aromatic rings. The van der Waals surface area contributed by atoms with E-state index in [0.717, 1.165) is 21.5 Å². The van der Waals surface area contributed by atoms with Crippen molar-refractivity contribution in [1.29, 1.82) is 0 Å². The lowest BCUT2D eigenvalue weighted by atomic mass is 9.95. The lowest BCUT2D eigenvalue weighted by Crippen LogP contribution is -2.31. The van der Waals surface area contributed by atoms with Gasteiger partial charge in [0, 0.05) is 45.4 Å². The van der Waals surface area contributed by atoms with Crippen LogP contribution in [0.2, 0.25) is 5.02 Å². The van der Waals surface area contributed by atoms with Gasteiger partial charge in [0.15, 0.2) is 0 Å². The summed E-state index contributed by atoms with van der Waals surface area (Å²) >= 11 is 6.69. The lowest BCUT2D eigenvalue weighted by molar-refractivity contribution is 0.0733. The lowest BCUT2D eigenvalue weighted by Gasteiger charge is -2.25. The van der Waals surface area contributed by atoms with E-state index in [-0.39, 0.29) is 6.04 Å². The Morgan fingerprint density at radius 3 is 2.62 bits per heavy atom. The van der Waals surface area contributed by atoms with Crippen molar-refractivity contribution in [3.8, 4) is 11.1 Å². The smallest absolute Gasteiger partial charge is 0.254 e. The second-order valence-corrected chi connectivity index (χ2v) is 13.0. The van der Waals surface area contributed by atoms with E-state index in [0.29, 0.717) is 44.9 Å². The molecule has 6 nitrogen and oxygen atoms in total. The Morgan fingerprint density at radius 1 is 1.12 bits per heavy atom. The number of halogens is 1. The van der Waals surface area contributed by atoms with Gasteiger partial charge in [0.1, 0.15) is 13.0 Å². The molecular weight excluding hydrogens is 467 g/mol. The molecule has 0 spiro atoms. The Morgan fingerprint density at radius 2 is 1.91 bits per heavy atom. The highest BCUT2D eigenvalue weighted by Gasteiger charge is 2.44. The molecule has 2 bridgehead atoms. The molecule has 0 unspecified atom stereocenters. The van der Waals surface area contributed by atoms with Crippen molar-refractivity contribution in [2.45, 2.75) is 25.4 Å². The van der Waals surface area contributed by atoms with Gasteiger partial charge >= 0.3 is 0 Å². The zero-order chi connectivity index (χ0) is 26.4. The predicted molar refractivity (Wildman–Crippen MR) is 136 cm³/mol. The number of rotatable bonds is 2. The van der Waals surface area contributed by atoms with E-state index in [1.807, 2.05) is 28.8 Å². The molecule has 2 aliphatic rings. The Kier molecular flexibility index (Phi) is 3.93. The Hall–Kier alpha value is -2.95. The molecule has 0 N–H and O–H groups in total. The maximum atomic E-state index is 13.7. The number of hydrogen-bond donors (Lipinski definition) is 0. The van der Waals surface area contributed by atoms with Crippen LogP contribution in [0.5, 0.6) is 0 Å². The minimum atomic E-state index is -2.65. The van der Waals surface area contributed by atoms with E-state index in [9.17, 15) is 9.36 Å². The topological polar surface area (TPSA) is 68.1 Å². The van der Waals surface area contributed by atoms with E-state index >= 15 is 0 Å². The molecule has 0 fully saturated rings. The molecule has 8 heteroatoms. The molecule has 0 radical (unpaired) electrons. The van der Waals surface area contributed by atoms with E-state index in [4.69, 9.17) is 20.7 Å². The Labute approximate surface area is 207 Å². The molecule has 2 aliphatic heterocycles. The van der Waals surface area contributed by atoms with Crippen molar-refractivity contribution >= 4 is 41.1 Å². The first kappa shape index (κ1) is 18.4. The molecule has 34 heavy (non-hydrogen) atoms.